The van der Waals surface area contributed by atoms with Crippen LogP contribution in [0.3, 0.4) is 0 Å². The van der Waals surface area contributed by atoms with Crippen LogP contribution in [-0.4, -0.2) is 34.7 Å². The summed E-state index contributed by atoms with van der Waals surface area (Å²) in [6.45, 7) is 9.17. The van der Waals surface area contributed by atoms with Crippen molar-refractivity contribution >= 4 is 44.9 Å². The Hall–Kier alpha value is -4.44. The van der Waals surface area contributed by atoms with Crippen molar-refractivity contribution in [3.05, 3.63) is 121 Å². The second-order valence-corrected chi connectivity index (χ2v) is 11.8. The van der Waals surface area contributed by atoms with Gasteiger partial charge in [-0.3, -0.25) is 0 Å². The van der Waals surface area contributed by atoms with Crippen molar-refractivity contribution in [2.45, 2.75) is 38.5 Å². The van der Waals surface area contributed by atoms with Crippen LogP contribution in [0.15, 0.2) is 109 Å². The van der Waals surface area contributed by atoms with Gasteiger partial charge >= 0.3 is 0 Å². The Balaban J connectivity index is 1.24. The average Bonchev–Trinajstić information content (AvgIpc) is 3.27. The predicted octanol–water partition coefficient (Wildman–Crippen LogP) is 8.10. The highest BCUT2D eigenvalue weighted by Crippen LogP contribution is 2.40. The molecule has 0 saturated carbocycles. The number of fused-ring (bicyclic) bond motifs is 3. The summed E-state index contributed by atoms with van der Waals surface area (Å²) >= 11 is 0. The van der Waals surface area contributed by atoms with Crippen LogP contribution in [0.2, 0.25) is 0 Å². The fourth-order valence-electron chi connectivity index (χ4n) is 6.59. The largest absolute Gasteiger partial charge is 0.361 e. The van der Waals surface area contributed by atoms with Gasteiger partial charge in [-0.15, -0.1) is 0 Å². The Morgan fingerprint density at radius 3 is 1.32 bits per heavy atom. The van der Waals surface area contributed by atoms with Crippen LogP contribution in [0.4, 0.5) is 22.7 Å². The summed E-state index contributed by atoms with van der Waals surface area (Å²) in [5, 5.41) is 9.49. The predicted molar refractivity (Wildman–Crippen MR) is 170 cm³/mol. The Labute approximate surface area is 237 Å². The number of hydrogen-bond donors (Lipinski definition) is 2. The molecule has 200 valence electrons. The van der Waals surface area contributed by atoms with Gasteiger partial charge in [0, 0.05) is 70.0 Å². The van der Waals surface area contributed by atoms with E-state index in [0.29, 0.717) is 0 Å². The maximum atomic E-state index is 3.57. The van der Waals surface area contributed by atoms with Crippen LogP contribution in [0.25, 0.3) is 10.8 Å². The van der Waals surface area contributed by atoms with Gasteiger partial charge in [-0.05, 0) is 39.8 Å². The number of benzene rings is 4. The van der Waals surface area contributed by atoms with E-state index in [9.17, 15) is 0 Å². The highest BCUT2D eigenvalue weighted by molar-refractivity contribution is 6.05. The van der Waals surface area contributed by atoms with E-state index in [2.05, 4.69) is 171 Å². The van der Waals surface area contributed by atoms with Crippen LogP contribution in [0.5, 0.6) is 0 Å². The van der Waals surface area contributed by atoms with E-state index < -0.39 is 0 Å². The Bertz CT molecular complexity index is 1630. The fraction of sp³-hybridized carbons (Fsp3) is 0.222. The number of nitrogens with one attached hydrogen (secondary N) is 2. The molecule has 0 unspecified atom stereocenters. The minimum Gasteiger partial charge on any atom is -0.361 e. The van der Waals surface area contributed by atoms with Gasteiger partial charge in [0.05, 0.1) is 10.8 Å². The van der Waals surface area contributed by atoms with Crippen LogP contribution in [0.1, 0.15) is 38.8 Å². The monoisotopic (exact) mass is 526 g/mol. The molecule has 6 rings (SSSR count). The van der Waals surface area contributed by atoms with Gasteiger partial charge in [0.2, 0.25) is 11.4 Å². The highest BCUT2D eigenvalue weighted by atomic mass is 15.0. The van der Waals surface area contributed by atoms with Crippen LogP contribution in [0, 0.1) is 0 Å². The standard InChI is InChI=1S/C36H36N4/c1-35(2)27-15-7-9-19-31(27)39(5)33(35)21-23-37-29-17-11-14-26-25(29)13-12-18-30(26)38-24-22-34-36(3,4)28-16-8-10-20-32(28)40(34)6/h7-24H,1-6H3/p+2. The first-order chi connectivity index (χ1) is 19.2. The lowest BCUT2D eigenvalue weighted by atomic mass is 9.81. The molecule has 0 atom stereocenters. The van der Waals surface area contributed by atoms with Gasteiger partial charge in [-0.25, -0.2) is 0 Å². The topological polar surface area (TPSA) is 30.1 Å². The molecular formula is C36H38N4+2. The maximum absolute atomic E-state index is 3.57. The summed E-state index contributed by atoms with van der Waals surface area (Å²) in [5.41, 5.74) is 9.88. The first-order valence-corrected chi connectivity index (χ1v) is 14.0. The zero-order valence-corrected chi connectivity index (χ0v) is 24.3. The molecular weight excluding hydrogens is 488 g/mol. The fourth-order valence-corrected chi connectivity index (χ4v) is 6.59. The van der Waals surface area contributed by atoms with E-state index >= 15 is 0 Å². The van der Waals surface area contributed by atoms with Crippen molar-refractivity contribution in [1.29, 1.82) is 0 Å². The number of rotatable bonds is 6. The number of anilines is 2. The molecule has 0 spiro atoms. The molecule has 2 N–H and O–H groups in total. The third-order valence-corrected chi connectivity index (χ3v) is 8.76. The van der Waals surface area contributed by atoms with Crippen molar-refractivity contribution < 1.29 is 9.15 Å². The molecule has 0 saturated heterocycles. The number of allylic oxidation sites excluding steroid dienone is 2. The molecule has 4 heteroatoms. The number of nitrogens with zero attached hydrogens (tertiary/aromatic N) is 2. The Morgan fingerprint density at radius 2 is 0.925 bits per heavy atom. The molecule has 0 amide bonds. The first kappa shape index (κ1) is 25.8. The van der Waals surface area contributed by atoms with E-state index in [0.717, 1.165) is 11.4 Å². The zero-order chi connectivity index (χ0) is 28.1. The summed E-state index contributed by atoms with van der Waals surface area (Å²) in [6.07, 6.45) is 8.55. The molecule has 4 aromatic carbocycles. The van der Waals surface area contributed by atoms with Crippen molar-refractivity contribution in [3.8, 4) is 0 Å². The van der Waals surface area contributed by atoms with E-state index in [1.165, 1.54) is 44.7 Å². The highest BCUT2D eigenvalue weighted by Gasteiger charge is 2.43. The minimum atomic E-state index is -0.0486. The van der Waals surface area contributed by atoms with E-state index in [4.69, 9.17) is 0 Å². The SMILES string of the molecule is C[N+]1=C(/C=C/Nc2cccc3c(N/C=C/C4=[N+](C)c5ccccc5C4(C)C)cccc23)C(C)(C)c2ccccc21. The summed E-state index contributed by atoms with van der Waals surface area (Å²) in [4.78, 5) is 0. The zero-order valence-electron chi connectivity index (χ0n) is 24.3. The van der Waals surface area contributed by atoms with Gasteiger partial charge < -0.3 is 10.6 Å². The third kappa shape index (κ3) is 4.06. The molecule has 40 heavy (non-hydrogen) atoms. The van der Waals surface area contributed by atoms with Crippen molar-refractivity contribution in [2.75, 3.05) is 24.7 Å². The van der Waals surface area contributed by atoms with Gasteiger partial charge in [0.15, 0.2) is 11.4 Å². The number of hydrogen-bond acceptors (Lipinski definition) is 2. The number of para-hydroxylation sites is 2. The second kappa shape index (κ2) is 9.63. The summed E-state index contributed by atoms with van der Waals surface area (Å²) in [6, 6.07) is 30.2. The molecule has 0 bridgehead atoms. The lowest BCUT2D eigenvalue weighted by Gasteiger charge is -2.15. The molecule has 2 heterocycles. The van der Waals surface area contributed by atoms with Gasteiger partial charge in [-0.2, -0.15) is 9.15 Å². The first-order valence-electron chi connectivity index (χ1n) is 14.0. The van der Waals surface area contributed by atoms with Crippen LogP contribution < -0.4 is 10.6 Å². The molecule has 0 fully saturated rings. The molecule has 0 radical (unpaired) electrons. The van der Waals surface area contributed by atoms with E-state index in [1.54, 1.807) is 0 Å². The Kier molecular flexibility index (Phi) is 6.22. The van der Waals surface area contributed by atoms with Crippen molar-refractivity contribution in [1.82, 2.24) is 0 Å². The van der Waals surface area contributed by atoms with Gasteiger partial charge in [-0.1, -0.05) is 60.7 Å². The third-order valence-electron chi connectivity index (χ3n) is 8.76. The molecule has 2 aliphatic rings. The molecule has 4 aromatic rings. The normalized spacial score (nSPS) is 17.2. The molecule has 0 aromatic heterocycles. The maximum Gasteiger partial charge on any atom is 0.209 e. The van der Waals surface area contributed by atoms with Crippen molar-refractivity contribution in [3.63, 3.8) is 0 Å². The summed E-state index contributed by atoms with van der Waals surface area (Å²) in [7, 11) is 4.30. The van der Waals surface area contributed by atoms with E-state index in [1.807, 2.05) is 0 Å². The van der Waals surface area contributed by atoms with Gasteiger partial charge in [0.25, 0.3) is 0 Å². The lowest BCUT2D eigenvalue weighted by Crippen LogP contribution is -2.26. The summed E-state index contributed by atoms with van der Waals surface area (Å²) < 4.78 is 4.59. The van der Waals surface area contributed by atoms with Crippen molar-refractivity contribution in [2.24, 2.45) is 0 Å². The smallest absolute Gasteiger partial charge is 0.209 e. The quantitative estimate of drug-likeness (QED) is 0.249. The average molecular weight is 527 g/mol. The van der Waals surface area contributed by atoms with Gasteiger partial charge in [0.1, 0.15) is 14.1 Å². The minimum absolute atomic E-state index is 0.0486. The van der Waals surface area contributed by atoms with Crippen LogP contribution in [-0.2, 0) is 10.8 Å². The molecule has 2 aliphatic heterocycles. The lowest BCUT2D eigenvalue weighted by molar-refractivity contribution is -0.401. The summed E-state index contributed by atoms with van der Waals surface area (Å²) in [5.74, 6) is 0. The van der Waals surface area contributed by atoms with Crippen LogP contribution >= 0.6 is 0 Å². The molecule has 4 nitrogen and oxygen atoms in total. The second-order valence-electron chi connectivity index (χ2n) is 11.8. The Morgan fingerprint density at radius 1 is 0.525 bits per heavy atom. The molecule has 0 aliphatic carbocycles. The van der Waals surface area contributed by atoms with E-state index in [-0.39, 0.29) is 10.8 Å².